The van der Waals surface area contributed by atoms with E-state index in [0.29, 0.717) is 5.69 Å². The van der Waals surface area contributed by atoms with Gasteiger partial charge in [-0.15, -0.1) is 0 Å². The van der Waals surface area contributed by atoms with Crippen LogP contribution in [0.4, 0.5) is 10.5 Å². The highest BCUT2D eigenvalue weighted by atomic mass is 127. The molecule has 0 aliphatic heterocycles. The van der Waals surface area contributed by atoms with Crippen LogP contribution in [0.2, 0.25) is 0 Å². The monoisotopic (exact) mass is 276 g/mol. The normalized spacial score (nSPS) is 9.50. The van der Waals surface area contributed by atoms with E-state index in [9.17, 15) is 9.90 Å². The minimum atomic E-state index is -1.20. The Morgan fingerprint density at radius 1 is 1.50 bits per heavy atom. The summed E-state index contributed by atoms with van der Waals surface area (Å²) >= 11 is 2.12. The molecular weight excluding hydrogens is 269 g/mol. The molecule has 4 heteroatoms. The lowest BCUT2D eigenvalue weighted by Crippen LogP contribution is -2.22. The summed E-state index contributed by atoms with van der Waals surface area (Å²) in [6, 6.07) is 7.19. The highest BCUT2D eigenvalue weighted by Gasteiger charge is 2.09. The molecule has 12 heavy (non-hydrogen) atoms. The molecule has 0 N–H and O–H groups in total. The number of benzene rings is 1. The zero-order valence-electron chi connectivity index (χ0n) is 6.45. The van der Waals surface area contributed by atoms with Gasteiger partial charge in [0, 0.05) is 16.3 Å². The Hall–Kier alpha value is -0.780. The van der Waals surface area contributed by atoms with Gasteiger partial charge < -0.3 is 0 Å². The van der Waals surface area contributed by atoms with E-state index in [2.05, 4.69) is 22.6 Å². The molecule has 0 unspecified atom stereocenters. The fourth-order valence-electron chi connectivity index (χ4n) is 0.790. The van der Waals surface area contributed by atoms with Crippen LogP contribution in [-0.4, -0.2) is 13.1 Å². The summed E-state index contributed by atoms with van der Waals surface area (Å²) in [5.41, 5.74) is 0.627. The van der Waals surface area contributed by atoms with Gasteiger partial charge in [-0.3, -0.25) is 4.90 Å². The summed E-state index contributed by atoms with van der Waals surface area (Å²) in [4.78, 5) is 11.5. The molecule has 1 rings (SSSR count). The van der Waals surface area contributed by atoms with Crippen LogP contribution < -0.4 is 4.90 Å². The summed E-state index contributed by atoms with van der Waals surface area (Å²) in [6.07, 6.45) is -1.20. The maximum Gasteiger partial charge on any atom is 0.457 e. The highest BCUT2D eigenvalue weighted by Crippen LogP contribution is 2.15. The van der Waals surface area contributed by atoms with E-state index in [-0.39, 0.29) is 0 Å². The smallest absolute Gasteiger partial charge is 0.278 e. The summed E-state index contributed by atoms with van der Waals surface area (Å²) in [7, 11) is 1.46. The van der Waals surface area contributed by atoms with Crippen molar-refractivity contribution in [3.8, 4) is 0 Å². The molecule has 1 amide bonds. The minimum absolute atomic E-state index is 0.627. The third-order valence-electron chi connectivity index (χ3n) is 1.47. The van der Waals surface area contributed by atoms with Crippen LogP contribution in [0.25, 0.3) is 0 Å². The van der Waals surface area contributed by atoms with Crippen molar-refractivity contribution < 1.29 is 9.90 Å². The van der Waals surface area contributed by atoms with Gasteiger partial charge >= 0.3 is 6.09 Å². The van der Waals surface area contributed by atoms with Gasteiger partial charge in [-0.25, -0.2) is 9.90 Å². The maximum atomic E-state index is 10.4. The molecule has 3 nitrogen and oxygen atoms in total. The highest BCUT2D eigenvalue weighted by molar-refractivity contribution is 14.1. The Bertz CT molecular complexity index is 301. The second-order valence-corrected chi connectivity index (χ2v) is 3.55. The zero-order chi connectivity index (χ0) is 9.14. The predicted molar refractivity (Wildman–Crippen MR) is 53.6 cm³/mol. The maximum absolute atomic E-state index is 10.4. The summed E-state index contributed by atoms with van der Waals surface area (Å²) in [6.45, 7) is 0. The fraction of sp³-hybridized carbons (Fsp3) is 0.125. The molecule has 0 aliphatic rings. The first kappa shape index (κ1) is 9.31. The average Bonchev–Trinajstić information content (AvgIpc) is 2.03. The van der Waals surface area contributed by atoms with Gasteiger partial charge in [0.2, 0.25) is 0 Å². The molecule has 0 saturated heterocycles. The molecule has 0 aliphatic carbocycles. The first-order chi connectivity index (χ1) is 5.61. The van der Waals surface area contributed by atoms with Crippen LogP contribution in [0.5, 0.6) is 0 Å². The van der Waals surface area contributed by atoms with E-state index >= 15 is 0 Å². The quantitative estimate of drug-likeness (QED) is 0.725. The van der Waals surface area contributed by atoms with Gasteiger partial charge in [0.25, 0.3) is 0 Å². The van der Waals surface area contributed by atoms with Crippen LogP contribution in [-0.2, 0) is 5.11 Å². The molecular formula is C8H7INO2. The number of hydrogen-bond donors (Lipinski definition) is 0. The lowest BCUT2D eigenvalue weighted by atomic mass is 10.3. The van der Waals surface area contributed by atoms with Crippen molar-refractivity contribution in [2.24, 2.45) is 0 Å². The summed E-state index contributed by atoms with van der Waals surface area (Å²) in [5.74, 6) is 0. The molecule has 0 spiro atoms. The van der Waals surface area contributed by atoms with Crippen molar-refractivity contribution in [3.05, 3.63) is 27.8 Å². The van der Waals surface area contributed by atoms with E-state index in [0.717, 1.165) is 8.47 Å². The van der Waals surface area contributed by atoms with Crippen LogP contribution in [0.3, 0.4) is 0 Å². The standard InChI is InChI=1S/C8H7INO2/c1-10(8(11)12)7-4-2-3-6(9)5-7/h2-5H,1H3. The van der Waals surface area contributed by atoms with Crippen LogP contribution in [0.1, 0.15) is 0 Å². The zero-order valence-corrected chi connectivity index (χ0v) is 8.61. The van der Waals surface area contributed by atoms with Crippen molar-refractivity contribution in [1.29, 1.82) is 0 Å². The molecule has 0 aromatic heterocycles. The molecule has 0 fully saturated rings. The molecule has 0 atom stereocenters. The number of amides is 1. The van der Waals surface area contributed by atoms with Crippen molar-refractivity contribution in [2.45, 2.75) is 0 Å². The number of carbonyl (C=O) groups excluding carboxylic acids is 1. The first-order valence-corrected chi connectivity index (χ1v) is 4.39. The van der Waals surface area contributed by atoms with Crippen molar-refractivity contribution in [2.75, 3.05) is 11.9 Å². The molecule has 0 heterocycles. The van der Waals surface area contributed by atoms with E-state index in [1.54, 1.807) is 18.2 Å². The Labute approximate surface area is 84.1 Å². The van der Waals surface area contributed by atoms with Crippen molar-refractivity contribution in [1.82, 2.24) is 0 Å². The van der Waals surface area contributed by atoms with Gasteiger partial charge in [0.15, 0.2) is 0 Å². The number of anilines is 1. The number of hydrogen-bond acceptors (Lipinski definition) is 1. The van der Waals surface area contributed by atoms with Gasteiger partial charge in [-0.1, -0.05) is 6.07 Å². The third kappa shape index (κ3) is 2.10. The molecule has 0 bridgehead atoms. The molecule has 0 saturated carbocycles. The number of nitrogens with zero attached hydrogens (tertiary/aromatic N) is 1. The third-order valence-corrected chi connectivity index (χ3v) is 2.14. The molecule has 1 aromatic rings. The molecule has 1 aromatic carbocycles. The summed E-state index contributed by atoms with van der Waals surface area (Å²) in [5, 5.41) is 10.4. The number of carbonyl (C=O) groups is 1. The Morgan fingerprint density at radius 3 is 2.67 bits per heavy atom. The van der Waals surface area contributed by atoms with E-state index in [4.69, 9.17) is 0 Å². The minimum Gasteiger partial charge on any atom is -0.278 e. The Morgan fingerprint density at radius 2 is 2.17 bits per heavy atom. The lowest BCUT2D eigenvalue weighted by Gasteiger charge is -2.10. The first-order valence-electron chi connectivity index (χ1n) is 3.31. The largest absolute Gasteiger partial charge is 0.457 e. The van der Waals surface area contributed by atoms with Gasteiger partial charge in [0.1, 0.15) is 0 Å². The topological polar surface area (TPSA) is 40.2 Å². The molecule has 1 radical (unpaired) electrons. The number of halogens is 1. The second-order valence-electron chi connectivity index (χ2n) is 2.30. The lowest BCUT2D eigenvalue weighted by molar-refractivity contribution is 0.178. The van der Waals surface area contributed by atoms with E-state index < -0.39 is 6.09 Å². The Kier molecular flexibility index (Phi) is 2.91. The second kappa shape index (κ2) is 3.75. The summed E-state index contributed by atoms with van der Waals surface area (Å²) < 4.78 is 0.998. The van der Waals surface area contributed by atoms with Gasteiger partial charge in [-0.05, 0) is 40.8 Å². The van der Waals surface area contributed by atoms with Crippen LogP contribution >= 0.6 is 22.6 Å². The fourth-order valence-corrected chi connectivity index (χ4v) is 1.32. The van der Waals surface area contributed by atoms with Gasteiger partial charge in [-0.2, -0.15) is 0 Å². The van der Waals surface area contributed by atoms with Crippen molar-refractivity contribution in [3.63, 3.8) is 0 Å². The van der Waals surface area contributed by atoms with Gasteiger partial charge in [0.05, 0.1) is 0 Å². The van der Waals surface area contributed by atoms with E-state index in [1.807, 2.05) is 6.07 Å². The molecule has 63 valence electrons. The van der Waals surface area contributed by atoms with Crippen LogP contribution in [0, 0.1) is 3.57 Å². The average molecular weight is 276 g/mol. The Balaban J connectivity index is 2.95. The number of rotatable bonds is 1. The van der Waals surface area contributed by atoms with E-state index in [1.165, 1.54) is 7.05 Å². The predicted octanol–water partition coefficient (Wildman–Crippen LogP) is 2.28. The van der Waals surface area contributed by atoms with Crippen molar-refractivity contribution >= 4 is 34.4 Å². The SMILES string of the molecule is CN(C([O])=O)c1cccc(I)c1. The van der Waals surface area contributed by atoms with Crippen LogP contribution in [0.15, 0.2) is 24.3 Å².